The highest BCUT2D eigenvalue weighted by molar-refractivity contribution is 5.75. The summed E-state index contributed by atoms with van der Waals surface area (Å²) >= 11 is 0. The number of aromatic hydroxyl groups is 1. The molecule has 1 rings (SSSR count). The Morgan fingerprint density at radius 3 is 1.92 bits per heavy atom. The van der Waals surface area contributed by atoms with E-state index in [1.807, 2.05) is 12.1 Å². The van der Waals surface area contributed by atoms with Gasteiger partial charge < -0.3 is 10.4 Å². The lowest BCUT2D eigenvalue weighted by Gasteiger charge is -2.06. The lowest BCUT2D eigenvalue weighted by Crippen LogP contribution is -2.25. The molecule has 3 nitrogen and oxygen atoms in total. The quantitative estimate of drug-likeness (QED) is 0.397. The molecule has 0 bridgehead atoms. The molecule has 0 aliphatic rings. The average Bonchev–Trinajstić information content (AvgIpc) is 2.61. The van der Waals surface area contributed by atoms with Gasteiger partial charge in [-0.05, 0) is 30.5 Å². The second-order valence-corrected chi connectivity index (χ2v) is 7.05. The van der Waals surface area contributed by atoms with E-state index in [9.17, 15) is 9.90 Å². The van der Waals surface area contributed by atoms with E-state index in [4.69, 9.17) is 0 Å². The normalized spacial score (nSPS) is 10.8. The molecule has 1 amide bonds. The predicted molar refractivity (Wildman–Crippen MR) is 106 cm³/mol. The molecule has 2 N–H and O–H groups in total. The maximum atomic E-state index is 11.8. The van der Waals surface area contributed by atoms with Crippen molar-refractivity contribution in [1.82, 2.24) is 5.32 Å². The molecular formula is C22H37NO2. The zero-order chi connectivity index (χ0) is 18.2. The monoisotopic (exact) mass is 347 g/mol. The summed E-state index contributed by atoms with van der Waals surface area (Å²) in [6.07, 6.45) is 15.8. The Labute approximate surface area is 154 Å². The zero-order valence-electron chi connectivity index (χ0n) is 16.1. The Balaban J connectivity index is 1.86. The van der Waals surface area contributed by atoms with Gasteiger partial charge in [0.05, 0.1) is 0 Å². The van der Waals surface area contributed by atoms with Crippen molar-refractivity contribution in [3.63, 3.8) is 0 Å². The molecule has 3 heteroatoms. The van der Waals surface area contributed by atoms with Crippen LogP contribution in [0, 0.1) is 0 Å². The minimum absolute atomic E-state index is 0.162. The van der Waals surface area contributed by atoms with Gasteiger partial charge in [-0.25, -0.2) is 0 Å². The maximum Gasteiger partial charge on any atom is 0.220 e. The summed E-state index contributed by atoms with van der Waals surface area (Å²) in [7, 11) is 0. The standard InChI is InChI=1S/C22H37NO2/c1-2-3-4-5-6-7-8-9-10-11-12-13-22(25)23-19-18-20-14-16-21(24)17-15-20/h14-17,24H,2-13,18-19H2,1H3,(H,23,25). The average molecular weight is 348 g/mol. The summed E-state index contributed by atoms with van der Waals surface area (Å²) < 4.78 is 0. The fourth-order valence-electron chi connectivity index (χ4n) is 3.05. The van der Waals surface area contributed by atoms with Crippen LogP contribution in [-0.4, -0.2) is 17.6 Å². The number of carbonyl (C=O) groups excluding carboxylic acids is 1. The van der Waals surface area contributed by atoms with E-state index in [1.54, 1.807) is 12.1 Å². The summed E-state index contributed by atoms with van der Waals surface area (Å²) in [6, 6.07) is 7.15. The minimum Gasteiger partial charge on any atom is -0.508 e. The van der Waals surface area contributed by atoms with Crippen LogP contribution in [0.5, 0.6) is 5.75 Å². The molecule has 0 atom stereocenters. The Morgan fingerprint density at radius 1 is 0.840 bits per heavy atom. The van der Waals surface area contributed by atoms with Crippen molar-refractivity contribution in [2.75, 3.05) is 6.54 Å². The van der Waals surface area contributed by atoms with E-state index < -0.39 is 0 Å². The van der Waals surface area contributed by atoms with E-state index >= 15 is 0 Å². The maximum absolute atomic E-state index is 11.8. The third-order valence-corrected chi connectivity index (χ3v) is 4.68. The van der Waals surface area contributed by atoms with E-state index in [1.165, 1.54) is 64.2 Å². The van der Waals surface area contributed by atoms with Gasteiger partial charge in [0.1, 0.15) is 5.75 Å². The van der Waals surface area contributed by atoms with E-state index in [0.29, 0.717) is 13.0 Å². The molecule has 0 heterocycles. The van der Waals surface area contributed by atoms with Crippen molar-refractivity contribution < 1.29 is 9.90 Å². The van der Waals surface area contributed by atoms with Gasteiger partial charge >= 0.3 is 0 Å². The largest absolute Gasteiger partial charge is 0.508 e. The van der Waals surface area contributed by atoms with Gasteiger partial charge in [0, 0.05) is 13.0 Å². The molecule has 0 spiro atoms. The van der Waals surface area contributed by atoms with Crippen LogP contribution in [0.15, 0.2) is 24.3 Å². The Morgan fingerprint density at radius 2 is 1.36 bits per heavy atom. The van der Waals surface area contributed by atoms with E-state index in [2.05, 4.69) is 12.2 Å². The first kappa shape index (κ1) is 21.5. The highest BCUT2D eigenvalue weighted by atomic mass is 16.3. The molecule has 142 valence electrons. The number of hydrogen-bond acceptors (Lipinski definition) is 2. The number of unbranched alkanes of at least 4 members (excludes halogenated alkanes) is 10. The van der Waals surface area contributed by atoms with Gasteiger partial charge in [-0.1, -0.05) is 83.3 Å². The van der Waals surface area contributed by atoms with E-state index in [-0.39, 0.29) is 11.7 Å². The first-order valence-electron chi connectivity index (χ1n) is 10.3. The van der Waals surface area contributed by atoms with Crippen molar-refractivity contribution in [3.05, 3.63) is 29.8 Å². The molecule has 25 heavy (non-hydrogen) atoms. The van der Waals surface area contributed by atoms with Gasteiger partial charge in [0.25, 0.3) is 0 Å². The number of benzene rings is 1. The third kappa shape index (κ3) is 12.5. The van der Waals surface area contributed by atoms with Crippen LogP contribution in [0.1, 0.15) is 89.5 Å². The van der Waals surface area contributed by atoms with Crippen molar-refractivity contribution in [2.45, 2.75) is 90.4 Å². The van der Waals surface area contributed by atoms with Crippen LogP contribution >= 0.6 is 0 Å². The molecule has 0 aliphatic carbocycles. The fourth-order valence-corrected chi connectivity index (χ4v) is 3.05. The molecule has 0 saturated carbocycles. The van der Waals surface area contributed by atoms with Gasteiger partial charge in [-0.15, -0.1) is 0 Å². The molecule has 0 aliphatic heterocycles. The van der Waals surface area contributed by atoms with Crippen LogP contribution < -0.4 is 5.32 Å². The molecule has 0 saturated heterocycles. The topological polar surface area (TPSA) is 49.3 Å². The third-order valence-electron chi connectivity index (χ3n) is 4.68. The van der Waals surface area contributed by atoms with Crippen LogP contribution in [0.2, 0.25) is 0 Å². The number of nitrogens with one attached hydrogen (secondary N) is 1. The van der Waals surface area contributed by atoms with Crippen molar-refractivity contribution in [3.8, 4) is 5.75 Å². The summed E-state index contributed by atoms with van der Waals surface area (Å²) in [5.74, 6) is 0.444. The van der Waals surface area contributed by atoms with E-state index in [0.717, 1.165) is 18.4 Å². The number of rotatable bonds is 15. The molecule has 0 aromatic heterocycles. The van der Waals surface area contributed by atoms with Crippen LogP contribution in [0.4, 0.5) is 0 Å². The highest BCUT2D eigenvalue weighted by Crippen LogP contribution is 2.12. The first-order valence-corrected chi connectivity index (χ1v) is 10.3. The Hall–Kier alpha value is -1.51. The number of hydrogen-bond donors (Lipinski definition) is 2. The van der Waals surface area contributed by atoms with Crippen molar-refractivity contribution in [2.24, 2.45) is 0 Å². The molecule has 1 aromatic carbocycles. The Kier molecular flexibility index (Phi) is 12.7. The molecule has 0 unspecified atom stereocenters. The summed E-state index contributed by atoms with van der Waals surface area (Å²) in [5.41, 5.74) is 1.13. The van der Waals surface area contributed by atoms with Gasteiger partial charge in [0.15, 0.2) is 0 Å². The smallest absolute Gasteiger partial charge is 0.220 e. The van der Waals surface area contributed by atoms with Crippen LogP contribution in [-0.2, 0) is 11.2 Å². The second-order valence-electron chi connectivity index (χ2n) is 7.05. The molecule has 0 radical (unpaired) electrons. The molecule has 0 fully saturated rings. The molecule has 1 aromatic rings. The second kappa shape index (κ2) is 14.8. The fraction of sp³-hybridized carbons (Fsp3) is 0.682. The zero-order valence-corrected chi connectivity index (χ0v) is 16.1. The van der Waals surface area contributed by atoms with Gasteiger partial charge in [0.2, 0.25) is 5.91 Å². The summed E-state index contributed by atoms with van der Waals surface area (Å²) in [6.45, 7) is 2.93. The first-order chi connectivity index (χ1) is 12.2. The highest BCUT2D eigenvalue weighted by Gasteiger charge is 2.01. The van der Waals surface area contributed by atoms with Crippen LogP contribution in [0.3, 0.4) is 0 Å². The summed E-state index contributed by atoms with van der Waals surface area (Å²) in [5, 5.41) is 12.2. The van der Waals surface area contributed by atoms with Gasteiger partial charge in [-0.2, -0.15) is 0 Å². The number of carbonyl (C=O) groups is 1. The lowest BCUT2D eigenvalue weighted by atomic mass is 10.1. The predicted octanol–water partition coefficient (Wildman–Crippen LogP) is 5.75. The number of phenols is 1. The SMILES string of the molecule is CCCCCCCCCCCCCC(=O)NCCc1ccc(O)cc1. The molecular weight excluding hydrogens is 310 g/mol. The van der Waals surface area contributed by atoms with Crippen molar-refractivity contribution >= 4 is 5.91 Å². The number of phenolic OH excluding ortho intramolecular Hbond substituents is 1. The number of amides is 1. The lowest BCUT2D eigenvalue weighted by molar-refractivity contribution is -0.121. The minimum atomic E-state index is 0.162. The van der Waals surface area contributed by atoms with Crippen molar-refractivity contribution in [1.29, 1.82) is 0 Å². The summed E-state index contributed by atoms with van der Waals surface area (Å²) in [4.78, 5) is 11.8. The van der Waals surface area contributed by atoms with Crippen LogP contribution in [0.25, 0.3) is 0 Å². The van der Waals surface area contributed by atoms with Gasteiger partial charge in [-0.3, -0.25) is 4.79 Å². The Bertz CT molecular complexity index is 442.